The van der Waals surface area contributed by atoms with Crippen molar-refractivity contribution >= 4 is 15.9 Å². The Hall–Kier alpha value is -1.91. The van der Waals surface area contributed by atoms with Crippen LogP contribution in [0.5, 0.6) is 0 Å². The van der Waals surface area contributed by atoms with E-state index in [9.17, 15) is 13.2 Å². The first-order chi connectivity index (χ1) is 11.5. The second kappa shape index (κ2) is 6.91. The normalized spacial score (nSPS) is 24.1. The Bertz CT molecular complexity index is 763. The van der Waals surface area contributed by atoms with Crippen molar-refractivity contribution in [3.8, 4) is 6.07 Å². The maximum atomic E-state index is 12.2. The van der Waals surface area contributed by atoms with Crippen molar-refractivity contribution in [3.63, 3.8) is 0 Å². The number of nitrogens with zero attached hydrogens (tertiary/aromatic N) is 1. The van der Waals surface area contributed by atoms with Gasteiger partial charge in [-0.3, -0.25) is 9.52 Å². The number of amides is 1. The van der Waals surface area contributed by atoms with Gasteiger partial charge in [0, 0.05) is 19.1 Å². The van der Waals surface area contributed by atoms with Crippen molar-refractivity contribution in [2.45, 2.75) is 25.2 Å². The molecule has 6 nitrogen and oxygen atoms in total. The molecule has 128 valence electrons. The summed E-state index contributed by atoms with van der Waals surface area (Å²) in [6, 6.07) is 9.19. The van der Waals surface area contributed by atoms with E-state index in [1.54, 1.807) is 18.2 Å². The van der Waals surface area contributed by atoms with Crippen molar-refractivity contribution in [2.75, 3.05) is 19.0 Å². The van der Waals surface area contributed by atoms with Gasteiger partial charge in [-0.1, -0.05) is 12.1 Å². The molecule has 0 aromatic heterocycles. The fraction of sp³-hybridized carbons (Fsp3) is 0.529. The van der Waals surface area contributed by atoms with Crippen molar-refractivity contribution in [1.82, 2.24) is 4.72 Å². The van der Waals surface area contributed by atoms with Crippen molar-refractivity contribution in [1.29, 1.82) is 5.26 Å². The zero-order valence-corrected chi connectivity index (χ0v) is 14.1. The molecule has 0 radical (unpaired) electrons. The third-order valence-electron chi connectivity index (χ3n) is 4.62. The SMILES string of the molecule is N#Cc1cccc([C@@H]2C[C@H]2C(=O)NS(=O)(=O)CC2CCOCC2)c1. The molecule has 2 aliphatic rings. The average molecular weight is 348 g/mol. The number of carbonyl (C=O) groups is 1. The monoisotopic (exact) mass is 348 g/mol. The van der Waals surface area contributed by atoms with Crippen LogP contribution in [0.25, 0.3) is 0 Å². The van der Waals surface area contributed by atoms with Crippen molar-refractivity contribution in [2.24, 2.45) is 11.8 Å². The highest BCUT2D eigenvalue weighted by Crippen LogP contribution is 2.47. The number of hydrogen-bond acceptors (Lipinski definition) is 5. The Morgan fingerprint density at radius 2 is 2.08 bits per heavy atom. The zero-order valence-electron chi connectivity index (χ0n) is 13.3. The number of ether oxygens (including phenoxy) is 1. The average Bonchev–Trinajstić information content (AvgIpc) is 3.36. The highest BCUT2D eigenvalue weighted by atomic mass is 32.2. The van der Waals surface area contributed by atoms with E-state index in [4.69, 9.17) is 10.00 Å². The Kier molecular flexibility index (Phi) is 4.88. The Morgan fingerprint density at radius 1 is 1.33 bits per heavy atom. The molecule has 2 atom stereocenters. The molecule has 1 aromatic carbocycles. The molecule has 0 bridgehead atoms. The number of hydrogen-bond donors (Lipinski definition) is 1. The highest BCUT2D eigenvalue weighted by Gasteiger charge is 2.45. The van der Waals surface area contributed by atoms with Gasteiger partial charge in [-0.05, 0) is 48.8 Å². The molecule has 3 rings (SSSR count). The first kappa shape index (κ1) is 16.9. The fourth-order valence-corrected chi connectivity index (χ4v) is 4.68. The van der Waals surface area contributed by atoms with E-state index < -0.39 is 15.9 Å². The summed E-state index contributed by atoms with van der Waals surface area (Å²) in [6.07, 6.45) is 2.04. The van der Waals surface area contributed by atoms with Gasteiger partial charge < -0.3 is 4.74 Å². The summed E-state index contributed by atoms with van der Waals surface area (Å²) >= 11 is 0. The van der Waals surface area contributed by atoms with Crippen LogP contribution in [-0.2, 0) is 19.6 Å². The molecule has 1 saturated heterocycles. The molecular weight excluding hydrogens is 328 g/mol. The van der Waals surface area contributed by atoms with Crippen LogP contribution in [0.2, 0.25) is 0 Å². The van der Waals surface area contributed by atoms with Gasteiger partial charge in [0.25, 0.3) is 0 Å². The molecule has 0 unspecified atom stereocenters. The van der Waals surface area contributed by atoms with Crippen LogP contribution in [0.4, 0.5) is 0 Å². The molecule has 1 aromatic rings. The summed E-state index contributed by atoms with van der Waals surface area (Å²) in [7, 11) is -3.61. The predicted octanol–water partition coefficient (Wildman–Crippen LogP) is 1.53. The highest BCUT2D eigenvalue weighted by molar-refractivity contribution is 7.90. The standard InChI is InChI=1S/C17H20N2O4S/c18-10-13-2-1-3-14(8-13)15-9-16(15)17(20)19-24(21,22)11-12-4-6-23-7-5-12/h1-3,8,12,15-16H,4-7,9,11H2,(H,19,20)/t15-,16+/m0/s1. The lowest BCUT2D eigenvalue weighted by molar-refractivity contribution is -0.120. The molecule has 1 aliphatic carbocycles. The predicted molar refractivity (Wildman–Crippen MR) is 87.5 cm³/mol. The van der Waals surface area contributed by atoms with E-state index >= 15 is 0 Å². The summed E-state index contributed by atoms with van der Waals surface area (Å²) < 4.78 is 31.8. The van der Waals surface area contributed by atoms with Crippen LogP contribution < -0.4 is 4.72 Å². The van der Waals surface area contributed by atoms with Gasteiger partial charge in [-0.25, -0.2) is 8.42 Å². The maximum Gasteiger partial charge on any atom is 0.237 e. The van der Waals surface area contributed by atoms with Crippen molar-refractivity contribution < 1.29 is 17.9 Å². The number of sulfonamides is 1. The topological polar surface area (TPSA) is 96.3 Å². The lowest BCUT2D eigenvalue weighted by atomic mass is 10.0. The molecule has 1 heterocycles. The molecule has 2 fully saturated rings. The summed E-state index contributed by atoms with van der Waals surface area (Å²) in [5.41, 5.74) is 1.46. The molecule has 1 saturated carbocycles. The maximum absolute atomic E-state index is 12.2. The number of nitriles is 1. The van der Waals surface area contributed by atoms with Gasteiger partial charge in [0.2, 0.25) is 15.9 Å². The van der Waals surface area contributed by atoms with Crippen LogP contribution in [0.15, 0.2) is 24.3 Å². The van der Waals surface area contributed by atoms with Gasteiger partial charge >= 0.3 is 0 Å². The minimum absolute atomic E-state index is 0.00317. The second-order valence-electron chi connectivity index (χ2n) is 6.49. The van der Waals surface area contributed by atoms with E-state index in [1.807, 2.05) is 6.07 Å². The van der Waals surface area contributed by atoms with E-state index in [2.05, 4.69) is 10.8 Å². The third-order valence-corrected chi connectivity index (χ3v) is 6.05. The minimum Gasteiger partial charge on any atom is -0.381 e. The van der Waals surface area contributed by atoms with E-state index in [0.29, 0.717) is 38.0 Å². The summed E-state index contributed by atoms with van der Waals surface area (Å²) in [6.45, 7) is 1.15. The lowest BCUT2D eigenvalue weighted by Crippen LogP contribution is -2.37. The molecule has 7 heteroatoms. The first-order valence-electron chi connectivity index (χ1n) is 8.10. The van der Waals surface area contributed by atoms with Gasteiger partial charge in [0.15, 0.2) is 0 Å². The number of nitrogens with one attached hydrogen (secondary N) is 1. The van der Waals surface area contributed by atoms with Gasteiger partial charge in [-0.2, -0.15) is 5.26 Å². The summed E-state index contributed by atoms with van der Waals surface area (Å²) in [4.78, 5) is 12.2. The Labute approximate surface area is 141 Å². The summed E-state index contributed by atoms with van der Waals surface area (Å²) in [5, 5.41) is 8.93. The fourth-order valence-electron chi connectivity index (χ4n) is 3.19. The summed E-state index contributed by atoms with van der Waals surface area (Å²) in [5.74, 6) is -0.746. The number of carbonyl (C=O) groups excluding carboxylic acids is 1. The Balaban J connectivity index is 1.56. The first-order valence-corrected chi connectivity index (χ1v) is 9.76. The minimum atomic E-state index is -3.61. The van der Waals surface area contributed by atoms with E-state index in [-0.39, 0.29) is 23.5 Å². The molecule has 1 aliphatic heterocycles. The number of rotatable bonds is 5. The van der Waals surface area contributed by atoms with Gasteiger partial charge in [-0.15, -0.1) is 0 Å². The van der Waals surface area contributed by atoms with Gasteiger partial charge in [0.05, 0.1) is 17.4 Å². The van der Waals surface area contributed by atoms with Crippen LogP contribution in [-0.4, -0.2) is 33.3 Å². The Morgan fingerprint density at radius 3 is 2.79 bits per heavy atom. The third kappa shape index (κ3) is 4.13. The van der Waals surface area contributed by atoms with E-state index in [0.717, 1.165) is 5.56 Å². The largest absolute Gasteiger partial charge is 0.381 e. The zero-order chi connectivity index (χ0) is 17.2. The van der Waals surface area contributed by atoms with Gasteiger partial charge in [0.1, 0.15) is 0 Å². The van der Waals surface area contributed by atoms with Crippen molar-refractivity contribution in [3.05, 3.63) is 35.4 Å². The van der Waals surface area contributed by atoms with Crippen LogP contribution in [0, 0.1) is 23.2 Å². The smallest absolute Gasteiger partial charge is 0.237 e. The molecule has 0 spiro atoms. The molecule has 24 heavy (non-hydrogen) atoms. The second-order valence-corrected chi connectivity index (χ2v) is 8.26. The number of benzene rings is 1. The lowest BCUT2D eigenvalue weighted by Gasteiger charge is -2.21. The van der Waals surface area contributed by atoms with E-state index in [1.165, 1.54) is 0 Å². The molecular formula is C17H20N2O4S. The molecule has 1 N–H and O–H groups in total. The van der Waals surface area contributed by atoms with Crippen LogP contribution in [0.1, 0.15) is 36.3 Å². The van der Waals surface area contributed by atoms with Crippen LogP contribution in [0.3, 0.4) is 0 Å². The molecule has 1 amide bonds. The quantitative estimate of drug-likeness (QED) is 0.870. The van der Waals surface area contributed by atoms with Crippen LogP contribution >= 0.6 is 0 Å².